The number of ether oxygens (including phenoxy) is 2. The van der Waals surface area contributed by atoms with Crippen LogP contribution in [0.3, 0.4) is 0 Å². The molecule has 4 nitrogen and oxygen atoms in total. The van der Waals surface area contributed by atoms with E-state index in [4.69, 9.17) is 9.47 Å². The van der Waals surface area contributed by atoms with Crippen molar-refractivity contribution >= 4 is 12.3 Å². The Balaban J connectivity index is 1.83. The van der Waals surface area contributed by atoms with Crippen LogP contribution in [0.1, 0.15) is 68.1 Å². The van der Waals surface area contributed by atoms with Crippen LogP contribution in [0.15, 0.2) is 36.9 Å². The molecular formula is C21H30O4. The Kier molecular flexibility index (Phi) is 11.9. The van der Waals surface area contributed by atoms with Gasteiger partial charge < -0.3 is 9.47 Å². The van der Waals surface area contributed by atoms with E-state index in [1.807, 2.05) is 12.1 Å². The van der Waals surface area contributed by atoms with Crippen molar-refractivity contribution in [2.24, 2.45) is 0 Å². The third-order valence-electron chi connectivity index (χ3n) is 3.98. The summed E-state index contributed by atoms with van der Waals surface area (Å²) in [4.78, 5) is 21.4. The second-order valence-electron chi connectivity index (χ2n) is 6.09. The molecular weight excluding hydrogens is 316 g/mol. The first-order chi connectivity index (χ1) is 12.3. The van der Waals surface area contributed by atoms with Crippen LogP contribution in [0.5, 0.6) is 5.75 Å². The zero-order chi connectivity index (χ0) is 18.2. The Bertz CT molecular complexity index is 493. The third-order valence-corrected chi connectivity index (χ3v) is 3.98. The van der Waals surface area contributed by atoms with E-state index in [9.17, 15) is 9.59 Å². The van der Waals surface area contributed by atoms with Crippen molar-refractivity contribution in [1.29, 1.82) is 0 Å². The van der Waals surface area contributed by atoms with Gasteiger partial charge in [-0.05, 0) is 37.1 Å². The van der Waals surface area contributed by atoms with Crippen LogP contribution in [-0.2, 0) is 9.53 Å². The lowest BCUT2D eigenvalue weighted by Crippen LogP contribution is -2.01. The molecule has 0 atom stereocenters. The molecule has 0 heterocycles. The Hall–Kier alpha value is -2.10. The fourth-order valence-corrected chi connectivity index (χ4v) is 2.51. The fraction of sp³-hybridized carbons (Fsp3) is 0.524. The van der Waals surface area contributed by atoms with Crippen LogP contribution in [0.2, 0.25) is 0 Å². The zero-order valence-electron chi connectivity index (χ0n) is 15.1. The third kappa shape index (κ3) is 11.1. The smallest absolute Gasteiger partial charge is 0.330 e. The van der Waals surface area contributed by atoms with Gasteiger partial charge in [-0.15, -0.1) is 0 Å². The predicted octanol–water partition coefficient (Wildman–Crippen LogP) is 5.12. The van der Waals surface area contributed by atoms with Crippen molar-refractivity contribution in [3.8, 4) is 5.75 Å². The maximum Gasteiger partial charge on any atom is 0.330 e. The minimum Gasteiger partial charge on any atom is -0.494 e. The Morgan fingerprint density at radius 3 is 1.88 bits per heavy atom. The summed E-state index contributed by atoms with van der Waals surface area (Å²) >= 11 is 0. The molecule has 0 radical (unpaired) electrons. The number of unbranched alkanes of at least 4 members (excludes halogenated alkanes) is 8. The zero-order valence-corrected chi connectivity index (χ0v) is 15.1. The quantitative estimate of drug-likeness (QED) is 0.191. The molecule has 0 aliphatic rings. The molecule has 0 saturated carbocycles. The van der Waals surface area contributed by atoms with Gasteiger partial charge in [0.05, 0.1) is 13.2 Å². The Labute approximate surface area is 151 Å². The monoisotopic (exact) mass is 346 g/mol. The summed E-state index contributed by atoms with van der Waals surface area (Å²) in [5.74, 6) is 0.492. The molecule has 1 aromatic carbocycles. The van der Waals surface area contributed by atoms with Gasteiger partial charge >= 0.3 is 5.97 Å². The minimum absolute atomic E-state index is 0.332. The standard InChI is InChI=1S/C21H30O4/c1-2-21(23)25-17-11-9-7-5-3-4-6-8-10-16-24-20-14-12-19(18-22)13-15-20/h2,12-15,18H,1,3-11,16-17H2. The maximum atomic E-state index is 10.8. The van der Waals surface area contributed by atoms with E-state index < -0.39 is 0 Å². The summed E-state index contributed by atoms with van der Waals surface area (Å²) in [7, 11) is 0. The van der Waals surface area contributed by atoms with Gasteiger partial charge in [0.15, 0.2) is 0 Å². The molecule has 0 aliphatic carbocycles. The van der Waals surface area contributed by atoms with E-state index in [0.29, 0.717) is 12.2 Å². The summed E-state index contributed by atoms with van der Waals surface area (Å²) in [5, 5.41) is 0. The van der Waals surface area contributed by atoms with Crippen molar-refractivity contribution in [1.82, 2.24) is 0 Å². The molecule has 4 heteroatoms. The summed E-state index contributed by atoms with van der Waals surface area (Å²) < 4.78 is 10.6. The number of hydrogen-bond acceptors (Lipinski definition) is 4. The Morgan fingerprint density at radius 2 is 1.36 bits per heavy atom. The molecule has 0 unspecified atom stereocenters. The van der Waals surface area contributed by atoms with E-state index in [1.165, 1.54) is 44.6 Å². The molecule has 0 aliphatic heterocycles. The number of benzene rings is 1. The highest BCUT2D eigenvalue weighted by molar-refractivity contribution is 5.81. The van der Waals surface area contributed by atoms with Crippen molar-refractivity contribution in [3.05, 3.63) is 42.5 Å². The summed E-state index contributed by atoms with van der Waals surface area (Å²) in [5.41, 5.74) is 0.671. The number of carbonyl (C=O) groups is 2. The van der Waals surface area contributed by atoms with Gasteiger partial charge in [-0.1, -0.05) is 51.5 Å². The van der Waals surface area contributed by atoms with Crippen LogP contribution in [0, 0.1) is 0 Å². The molecule has 0 spiro atoms. The van der Waals surface area contributed by atoms with E-state index >= 15 is 0 Å². The summed E-state index contributed by atoms with van der Waals surface area (Å²) in [6.07, 6.45) is 12.5. The fourth-order valence-electron chi connectivity index (χ4n) is 2.51. The number of carbonyl (C=O) groups excluding carboxylic acids is 2. The van der Waals surface area contributed by atoms with Crippen LogP contribution in [0.25, 0.3) is 0 Å². The van der Waals surface area contributed by atoms with E-state index in [1.54, 1.807) is 12.1 Å². The van der Waals surface area contributed by atoms with E-state index in [-0.39, 0.29) is 5.97 Å². The number of esters is 1. The van der Waals surface area contributed by atoms with Crippen molar-refractivity contribution in [2.75, 3.05) is 13.2 Å². The minimum atomic E-state index is -0.332. The SMILES string of the molecule is C=CC(=O)OCCCCCCCCCCCOc1ccc(C=O)cc1. The molecule has 138 valence electrons. The summed E-state index contributed by atoms with van der Waals surface area (Å²) in [6.45, 7) is 4.59. The topological polar surface area (TPSA) is 52.6 Å². The van der Waals surface area contributed by atoms with E-state index in [0.717, 1.165) is 37.9 Å². The molecule has 25 heavy (non-hydrogen) atoms. The van der Waals surface area contributed by atoms with Gasteiger partial charge in [0.25, 0.3) is 0 Å². The first kappa shape index (κ1) is 20.9. The molecule has 0 aromatic heterocycles. The molecule has 0 fully saturated rings. The Morgan fingerprint density at radius 1 is 0.840 bits per heavy atom. The van der Waals surface area contributed by atoms with Gasteiger partial charge in [-0.2, -0.15) is 0 Å². The summed E-state index contributed by atoms with van der Waals surface area (Å²) in [6, 6.07) is 7.21. The van der Waals surface area contributed by atoms with Crippen molar-refractivity contribution in [3.63, 3.8) is 0 Å². The molecule has 0 amide bonds. The average Bonchev–Trinajstić information content (AvgIpc) is 2.65. The molecule has 1 rings (SSSR count). The van der Waals surface area contributed by atoms with Crippen LogP contribution >= 0.6 is 0 Å². The second-order valence-corrected chi connectivity index (χ2v) is 6.09. The average molecular weight is 346 g/mol. The lowest BCUT2D eigenvalue weighted by molar-refractivity contribution is -0.137. The lowest BCUT2D eigenvalue weighted by atomic mass is 10.1. The largest absolute Gasteiger partial charge is 0.494 e. The molecule has 0 saturated heterocycles. The second kappa shape index (κ2) is 14.3. The normalized spacial score (nSPS) is 10.2. The molecule has 0 bridgehead atoms. The highest BCUT2D eigenvalue weighted by Gasteiger charge is 1.97. The highest BCUT2D eigenvalue weighted by Crippen LogP contribution is 2.13. The first-order valence-corrected chi connectivity index (χ1v) is 9.23. The van der Waals surface area contributed by atoms with Gasteiger partial charge in [0, 0.05) is 11.6 Å². The lowest BCUT2D eigenvalue weighted by Gasteiger charge is -2.06. The molecule has 0 N–H and O–H groups in total. The van der Waals surface area contributed by atoms with Crippen LogP contribution < -0.4 is 4.74 Å². The van der Waals surface area contributed by atoms with Crippen molar-refractivity contribution < 1.29 is 19.1 Å². The number of aldehydes is 1. The maximum absolute atomic E-state index is 10.8. The first-order valence-electron chi connectivity index (χ1n) is 9.23. The van der Waals surface area contributed by atoms with Gasteiger partial charge in [0.1, 0.15) is 12.0 Å². The molecule has 1 aromatic rings. The predicted molar refractivity (Wildman–Crippen MR) is 100 cm³/mol. The van der Waals surface area contributed by atoms with Gasteiger partial charge in [-0.25, -0.2) is 4.79 Å². The van der Waals surface area contributed by atoms with Crippen molar-refractivity contribution in [2.45, 2.75) is 57.8 Å². The van der Waals surface area contributed by atoms with Gasteiger partial charge in [-0.3, -0.25) is 4.79 Å². The highest BCUT2D eigenvalue weighted by atomic mass is 16.5. The van der Waals surface area contributed by atoms with Gasteiger partial charge in [0.2, 0.25) is 0 Å². The van der Waals surface area contributed by atoms with Crippen LogP contribution in [0.4, 0.5) is 0 Å². The number of rotatable bonds is 15. The number of hydrogen-bond donors (Lipinski definition) is 0. The van der Waals surface area contributed by atoms with Crippen LogP contribution in [-0.4, -0.2) is 25.5 Å². The van der Waals surface area contributed by atoms with E-state index in [2.05, 4.69) is 6.58 Å².